The first-order valence-corrected chi connectivity index (χ1v) is 11.6. The zero-order valence-corrected chi connectivity index (χ0v) is 18.6. The van der Waals surface area contributed by atoms with Gasteiger partial charge in [-0.05, 0) is 30.7 Å². The van der Waals surface area contributed by atoms with Crippen LogP contribution >= 0.6 is 11.3 Å². The maximum atomic E-state index is 13.4. The van der Waals surface area contributed by atoms with Gasteiger partial charge in [0.25, 0.3) is 5.91 Å². The number of thiazole rings is 1. The quantitative estimate of drug-likeness (QED) is 0.568. The number of aryl methyl sites for hydroxylation is 1. The van der Waals surface area contributed by atoms with Crippen LogP contribution in [0.2, 0.25) is 0 Å². The number of ether oxygens (including phenoxy) is 1. The normalized spacial score (nSPS) is 11.5. The van der Waals surface area contributed by atoms with Crippen molar-refractivity contribution < 1.29 is 17.9 Å². The molecule has 3 rings (SSSR count). The van der Waals surface area contributed by atoms with Crippen LogP contribution in [0.25, 0.3) is 0 Å². The van der Waals surface area contributed by atoms with Crippen LogP contribution in [0.5, 0.6) is 5.75 Å². The monoisotopic (exact) mass is 445 g/mol. The number of anilines is 1. The molecule has 0 atom stereocenters. The van der Waals surface area contributed by atoms with Crippen LogP contribution in [-0.2, 0) is 16.6 Å². The first-order valence-electron chi connectivity index (χ1n) is 9.30. The summed E-state index contributed by atoms with van der Waals surface area (Å²) in [7, 11) is -2.50. The van der Waals surface area contributed by atoms with Gasteiger partial charge in [0.1, 0.15) is 10.6 Å². The van der Waals surface area contributed by atoms with Crippen LogP contribution < -0.4 is 10.1 Å². The lowest BCUT2D eigenvalue weighted by Crippen LogP contribution is -2.31. The van der Waals surface area contributed by atoms with E-state index >= 15 is 0 Å². The fourth-order valence-corrected chi connectivity index (χ4v) is 5.19. The Bertz CT molecular complexity index is 1130. The van der Waals surface area contributed by atoms with Gasteiger partial charge in [-0.3, -0.25) is 10.1 Å². The van der Waals surface area contributed by atoms with Crippen molar-refractivity contribution >= 4 is 32.4 Å². The van der Waals surface area contributed by atoms with Gasteiger partial charge in [0.15, 0.2) is 5.13 Å². The lowest BCUT2D eigenvalue weighted by molar-refractivity contribution is 0.102. The minimum Gasteiger partial charge on any atom is -0.495 e. The van der Waals surface area contributed by atoms with Gasteiger partial charge in [0.05, 0.1) is 12.8 Å². The topological polar surface area (TPSA) is 88.6 Å². The minimum absolute atomic E-state index is 0.0502. The van der Waals surface area contributed by atoms with Crippen LogP contribution in [-0.4, -0.2) is 37.3 Å². The molecule has 0 aliphatic heterocycles. The molecule has 0 aliphatic rings. The van der Waals surface area contributed by atoms with Crippen molar-refractivity contribution in [2.24, 2.45) is 0 Å². The highest BCUT2D eigenvalue weighted by Crippen LogP contribution is 2.29. The Balaban J connectivity index is 1.93. The Morgan fingerprint density at radius 1 is 1.20 bits per heavy atom. The third-order valence-electron chi connectivity index (χ3n) is 4.44. The number of benzene rings is 2. The third kappa shape index (κ3) is 4.86. The summed E-state index contributed by atoms with van der Waals surface area (Å²) < 4.78 is 33.4. The van der Waals surface area contributed by atoms with E-state index in [-0.39, 0.29) is 29.3 Å². The Morgan fingerprint density at radius 2 is 1.93 bits per heavy atom. The van der Waals surface area contributed by atoms with Crippen LogP contribution in [0.1, 0.15) is 28.5 Å². The minimum atomic E-state index is -3.90. The van der Waals surface area contributed by atoms with Gasteiger partial charge in [-0.25, -0.2) is 13.4 Å². The standard InChI is InChI=1S/C21H23N3O4S2/c1-4-24(13-16-8-6-5-7-9-16)30(26,27)19-12-17(10-11-18(19)28-3)20(25)23-21-22-15(2)14-29-21/h5-12,14H,4,13H2,1-3H3,(H,22,23,25). The number of hydrogen-bond acceptors (Lipinski definition) is 6. The highest BCUT2D eigenvalue weighted by Gasteiger charge is 2.28. The van der Waals surface area contributed by atoms with Crippen molar-refractivity contribution in [3.05, 3.63) is 70.7 Å². The molecule has 3 aromatic rings. The predicted molar refractivity (Wildman–Crippen MR) is 118 cm³/mol. The second-order valence-corrected chi connectivity index (χ2v) is 9.30. The molecule has 30 heavy (non-hydrogen) atoms. The van der Waals surface area contributed by atoms with Gasteiger partial charge >= 0.3 is 0 Å². The van der Waals surface area contributed by atoms with Crippen LogP contribution in [0.3, 0.4) is 0 Å². The van der Waals surface area contributed by atoms with Crippen molar-refractivity contribution in [2.45, 2.75) is 25.3 Å². The van der Waals surface area contributed by atoms with Gasteiger partial charge in [0, 0.05) is 24.0 Å². The van der Waals surface area contributed by atoms with Gasteiger partial charge in [-0.2, -0.15) is 4.31 Å². The molecule has 0 spiro atoms. The summed E-state index contributed by atoms with van der Waals surface area (Å²) in [5.41, 5.74) is 1.88. The number of methoxy groups -OCH3 is 1. The summed E-state index contributed by atoms with van der Waals surface area (Å²) in [6, 6.07) is 13.7. The van der Waals surface area contributed by atoms with E-state index in [0.29, 0.717) is 5.13 Å². The summed E-state index contributed by atoms with van der Waals surface area (Å²) in [6.07, 6.45) is 0. The molecule has 0 saturated carbocycles. The summed E-state index contributed by atoms with van der Waals surface area (Å²) in [5.74, 6) is -0.252. The molecule has 0 radical (unpaired) electrons. The highest BCUT2D eigenvalue weighted by molar-refractivity contribution is 7.89. The van der Waals surface area contributed by atoms with Crippen molar-refractivity contribution in [3.63, 3.8) is 0 Å². The molecule has 7 nitrogen and oxygen atoms in total. The molecule has 1 N–H and O–H groups in total. The number of sulfonamides is 1. The number of nitrogens with one attached hydrogen (secondary N) is 1. The zero-order chi connectivity index (χ0) is 21.7. The van der Waals surface area contributed by atoms with Crippen molar-refractivity contribution in [1.82, 2.24) is 9.29 Å². The molecule has 0 saturated heterocycles. The fraction of sp³-hybridized carbons (Fsp3) is 0.238. The number of aromatic nitrogens is 1. The van der Waals surface area contributed by atoms with E-state index in [4.69, 9.17) is 4.74 Å². The molecule has 1 heterocycles. The second kappa shape index (κ2) is 9.38. The van der Waals surface area contributed by atoms with E-state index in [9.17, 15) is 13.2 Å². The van der Waals surface area contributed by atoms with Gasteiger partial charge < -0.3 is 4.74 Å². The zero-order valence-electron chi connectivity index (χ0n) is 17.0. The predicted octanol–water partition coefficient (Wildman–Crippen LogP) is 3.92. The number of carbonyl (C=O) groups is 1. The molecule has 0 aliphatic carbocycles. The van der Waals surface area contributed by atoms with E-state index in [0.717, 1.165) is 11.3 Å². The Hall–Kier alpha value is -2.75. The molecule has 9 heteroatoms. The van der Waals surface area contributed by atoms with Crippen LogP contribution in [0.15, 0.2) is 58.8 Å². The highest BCUT2D eigenvalue weighted by atomic mass is 32.2. The SMILES string of the molecule is CCN(Cc1ccccc1)S(=O)(=O)c1cc(C(=O)Nc2nc(C)cs2)ccc1OC. The molecule has 0 unspecified atom stereocenters. The first-order chi connectivity index (χ1) is 14.3. The average molecular weight is 446 g/mol. The summed E-state index contributed by atoms with van der Waals surface area (Å²) in [5, 5.41) is 4.97. The molecule has 0 bridgehead atoms. The maximum Gasteiger partial charge on any atom is 0.257 e. The van der Waals surface area contributed by atoms with E-state index in [1.165, 1.54) is 41.0 Å². The van der Waals surface area contributed by atoms with E-state index < -0.39 is 15.9 Å². The Labute approximate surface area is 180 Å². The van der Waals surface area contributed by atoms with Gasteiger partial charge in [0.2, 0.25) is 10.0 Å². The molecule has 1 aromatic heterocycles. The largest absolute Gasteiger partial charge is 0.495 e. The molecule has 158 valence electrons. The fourth-order valence-electron chi connectivity index (χ4n) is 2.89. The van der Waals surface area contributed by atoms with Crippen LogP contribution in [0, 0.1) is 6.92 Å². The van der Waals surface area contributed by atoms with Crippen molar-refractivity contribution in [3.8, 4) is 5.75 Å². The number of amides is 1. The maximum absolute atomic E-state index is 13.4. The van der Waals surface area contributed by atoms with Crippen molar-refractivity contribution in [2.75, 3.05) is 19.0 Å². The Kier molecular flexibility index (Phi) is 6.86. The summed E-state index contributed by atoms with van der Waals surface area (Å²) in [6.45, 7) is 4.09. The lowest BCUT2D eigenvalue weighted by Gasteiger charge is -2.22. The molecular formula is C21H23N3O4S2. The number of rotatable bonds is 8. The van der Waals surface area contributed by atoms with E-state index in [2.05, 4.69) is 10.3 Å². The van der Waals surface area contributed by atoms with Gasteiger partial charge in [-0.15, -0.1) is 11.3 Å². The molecule has 0 fully saturated rings. The van der Waals surface area contributed by atoms with Crippen molar-refractivity contribution in [1.29, 1.82) is 0 Å². The van der Waals surface area contributed by atoms with E-state index in [1.54, 1.807) is 6.92 Å². The molecule has 2 aromatic carbocycles. The smallest absolute Gasteiger partial charge is 0.257 e. The van der Waals surface area contributed by atoms with Crippen LogP contribution in [0.4, 0.5) is 5.13 Å². The summed E-state index contributed by atoms with van der Waals surface area (Å²) >= 11 is 1.31. The number of hydrogen-bond donors (Lipinski definition) is 1. The summed E-state index contributed by atoms with van der Waals surface area (Å²) in [4.78, 5) is 16.8. The number of carbonyl (C=O) groups excluding carboxylic acids is 1. The van der Waals surface area contributed by atoms with Gasteiger partial charge in [-0.1, -0.05) is 37.3 Å². The molecule has 1 amide bonds. The Morgan fingerprint density at radius 3 is 2.53 bits per heavy atom. The first kappa shape index (κ1) is 21.9. The lowest BCUT2D eigenvalue weighted by atomic mass is 10.2. The second-order valence-electron chi connectivity index (χ2n) is 6.53. The third-order valence-corrected chi connectivity index (χ3v) is 7.26. The number of nitrogens with zero attached hydrogens (tertiary/aromatic N) is 2. The average Bonchev–Trinajstić information content (AvgIpc) is 3.16. The van der Waals surface area contributed by atoms with E-state index in [1.807, 2.05) is 42.6 Å². The molecular weight excluding hydrogens is 422 g/mol.